The van der Waals surface area contributed by atoms with Gasteiger partial charge in [0.15, 0.2) is 11.6 Å². The topological polar surface area (TPSA) is 79.8 Å². The van der Waals surface area contributed by atoms with Crippen LogP contribution < -0.4 is 10.6 Å². The van der Waals surface area contributed by atoms with Gasteiger partial charge in [-0.25, -0.2) is 18.7 Å². The molecular formula is C23H17F2N5O. The van der Waals surface area contributed by atoms with Crippen LogP contribution in [-0.4, -0.2) is 20.9 Å². The van der Waals surface area contributed by atoms with Crippen LogP contribution in [0, 0.1) is 18.6 Å². The largest absolute Gasteiger partial charge is 0.325 e. The molecule has 6 nitrogen and oxygen atoms in total. The summed E-state index contributed by atoms with van der Waals surface area (Å²) < 4.78 is 27.6. The minimum Gasteiger partial charge on any atom is -0.325 e. The number of anilines is 3. The van der Waals surface area contributed by atoms with Crippen molar-refractivity contribution in [2.75, 3.05) is 10.6 Å². The molecule has 4 rings (SSSR count). The molecule has 0 saturated heterocycles. The third kappa shape index (κ3) is 4.69. The third-order valence-electron chi connectivity index (χ3n) is 4.43. The summed E-state index contributed by atoms with van der Waals surface area (Å²) in [6.45, 7) is 1.88. The molecule has 31 heavy (non-hydrogen) atoms. The molecule has 4 aromatic rings. The SMILES string of the molecule is Cc1cccc(Nc2cc(C(=O)Nc3cncc(-c4cccc(F)c4F)c3)ccn2)n1. The van der Waals surface area contributed by atoms with E-state index in [0.29, 0.717) is 28.5 Å². The summed E-state index contributed by atoms with van der Waals surface area (Å²) in [6, 6.07) is 14.1. The van der Waals surface area contributed by atoms with Crippen LogP contribution >= 0.6 is 0 Å². The first-order chi connectivity index (χ1) is 15.0. The maximum absolute atomic E-state index is 14.1. The summed E-state index contributed by atoms with van der Waals surface area (Å²) in [4.78, 5) is 25.3. The van der Waals surface area contributed by atoms with E-state index in [9.17, 15) is 13.6 Å². The lowest BCUT2D eigenvalue weighted by Gasteiger charge is -2.10. The van der Waals surface area contributed by atoms with Gasteiger partial charge in [0.05, 0.1) is 11.9 Å². The zero-order valence-corrected chi connectivity index (χ0v) is 16.4. The number of nitrogens with zero attached hydrogens (tertiary/aromatic N) is 3. The smallest absolute Gasteiger partial charge is 0.255 e. The van der Waals surface area contributed by atoms with Crippen molar-refractivity contribution in [3.63, 3.8) is 0 Å². The number of aromatic nitrogens is 3. The summed E-state index contributed by atoms with van der Waals surface area (Å²) in [5.41, 5.74) is 1.95. The Morgan fingerprint density at radius 2 is 1.81 bits per heavy atom. The second-order valence-corrected chi connectivity index (χ2v) is 6.74. The van der Waals surface area contributed by atoms with Crippen LogP contribution in [0.1, 0.15) is 16.1 Å². The van der Waals surface area contributed by atoms with E-state index >= 15 is 0 Å². The first-order valence-corrected chi connectivity index (χ1v) is 9.37. The monoisotopic (exact) mass is 417 g/mol. The van der Waals surface area contributed by atoms with E-state index in [1.165, 1.54) is 36.8 Å². The van der Waals surface area contributed by atoms with E-state index < -0.39 is 17.5 Å². The highest BCUT2D eigenvalue weighted by Crippen LogP contribution is 2.26. The van der Waals surface area contributed by atoms with Crippen molar-refractivity contribution in [3.8, 4) is 11.1 Å². The van der Waals surface area contributed by atoms with Crippen LogP contribution in [0.4, 0.5) is 26.1 Å². The highest BCUT2D eigenvalue weighted by molar-refractivity contribution is 6.04. The molecule has 0 bridgehead atoms. The number of benzene rings is 1. The Hall–Kier alpha value is -4.20. The molecule has 0 fully saturated rings. The second kappa shape index (κ2) is 8.66. The number of aryl methyl sites for hydroxylation is 1. The molecule has 8 heteroatoms. The van der Waals surface area contributed by atoms with E-state index in [1.807, 2.05) is 19.1 Å². The zero-order chi connectivity index (χ0) is 21.8. The number of carbonyl (C=O) groups is 1. The molecule has 0 unspecified atom stereocenters. The number of hydrogen-bond donors (Lipinski definition) is 2. The lowest BCUT2D eigenvalue weighted by Crippen LogP contribution is -2.12. The van der Waals surface area contributed by atoms with Crippen LogP contribution in [0.15, 0.2) is 73.2 Å². The minimum absolute atomic E-state index is 0.0599. The van der Waals surface area contributed by atoms with Gasteiger partial charge < -0.3 is 10.6 Å². The lowest BCUT2D eigenvalue weighted by molar-refractivity contribution is 0.102. The molecule has 0 radical (unpaired) electrons. The number of amides is 1. The van der Waals surface area contributed by atoms with E-state index in [0.717, 1.165) is 11.8 Å². The molecule has 1 aromatic carbocycles. The van der Waals surface area contributed by atoms with Crippen molar-refractivity contribution >= 4 is 23.2 Å². The van der Waals surface area contributed by atoms with Crippen molar-refractivity contribution in [1.29, 1.82) is 0 Å². The molecule has 0 aliphatic carbocycles. The summed E-state index contributed by atoms with van der Waals surface area (Å²) in [5.74, 6) is -1.26. The highest BCUT2D eigenvalue weighted by Gasteiger charge is 2.12. The van der Waals surface area contributed by atoms with Crippen LogP contribution in [0.5, 0.6) is 0 Å². The Morgan fingerprint density at radius 1 is 0.968 bits per heavy atom. The predicted octanol–water partition coefficient (Wildman–Crippen LogP) is 5.12. The first-order valence-electron chi connectivity index (χ1n) is 9.37. The van der Waals surface area contributed by atoms with Gasteiger partial charge in [-0.1, -0.05) is 18.2 Å². The Balaban J connectivity index is 1.53. The number of pyridine rings is 3. The normalized spacial score (nSPS) is 10.5. The maximum Gasteiger partial charge on any atom is 0.255 e. The molecule has 0 atom stereocenters. The fourth-order valence-corrected chi connectivity index (χ4v) is 2.97. The Bertz CT molecular complexity index is 1260. The number of halogens is 2. The van der Waals surface area contributed by atoms with Crippen LogP contribution in [0.25, 0.3) is 11.1 Å². The third-order valence-corrected chi connectivity index (χ3v) is 4.43. The van der Waals surface area contributed by atoms with Crippen molar-refractivity contribution in [2.45, 2.75) is 6.92 Å². The molecule has 0 aliphatic heterocycles. The molecule has 1 amide bonds. The zero-order valence-electron chi connectivity index (χ0n) is 16.4. The Kier molecular flexibility index (Phi) is 5.61. The van der Waals surface area contributed by atoms with Gasteiger partial charge in [-0.05, 0) is 43.3 Å². The van der Waals surface area contributed by atoms with Gasteiger partial charge in [-0.3, -0.25) is 9.78 Å². The van der Waals surface area contributed by atoms with Gasteiger partial charge in [-0.2, -0.15) is 0 Å². The minimum atomic E-state index is -0.970. The summed E-state index contributed by atoms with van der Waals surface area (Å²) >= 11 is 0. The van der Waals surface area contributed by atoms with E-state index in [2.05, 4.69) is 25.6 Å². The van der Waals surface area contributed by atoms with Crippen molar-refractivity contribution in [1.82, 2.24) is 15.0 Å². The molecule has 2 N–H and O–H groups in total. The fourth-order valence-electron chi connectivity index (χ4n) is 2.97. The average molecular weight is 417 g/mol. The number of rotatable bonds is 5. The highest BCUT2D eigenvalue weighted by atomic mass is 19.2. The lowest BCUT2D eigenvalue weighted by atomic mass is 10.1. The fraction of sp³-hybridized carbons (Fsp3) is 0.0435. The van der Waals surface area contributed by atoms with Crippen LogP contribution in [0.3, 0.4) is 0 Å². The number of carbonyl (C=O) groups excluding carboxylic acids is 1. The molecule has 0 saturated carbocycles. The summed E-state index contributed by atoms with van der Waals surface area (Å²) in [7, 11) is 0. The average Bonchev–Trinajstić information content (AvgIpc) is 2.76. The number of hydrogen-bond acceptors (Lipinski definition) is 5. The van der Waals surface area contributed by atoms with E-state index in [1.54, 1.807) is 18.2 Å². The van der Waals surface area contributed by atoms with Gasteiger partial charge in [0.25, 0.3) is 5.91 Å². The maximum atomic E-state index is 14.1. The van der Waals surface area contributed by atoms with E-state index in [-0.39, 0.29) is 5.56 Å². The summed E-state index contributed by atoms with van der Waals surface area (Å²) in [5, 5.41) is 5.77. The van der Waals surface area contributed by atoms with Crippen molar-refractivity contribution < 1.29 is 13.6 Å². The molecule has 0 spiro atoms. The molecular weight excluding hydrogens is 400 g/mol. The van der Waals surface area contributed by atoms with Crippen molar-refractivity contribution in [2.24, 2.45) is 0 Å². The Labute approximate surface area is 177 Å². The van der Waals surface area contributed by atoms with Crippen molar-refractivity contribution in [3.05, 3.63) is 96.1 Å². The van der Waals surface area contributed by atoms with Crippen LogP contribution in [-0.2, 0) is 0 Å². The summed E-state index contributed by atoms with van der Waals surface area (Å²) in [6.07, 6.45) is 4.33. The predicted molar refractivity (Wildman–Crippen MR) is 114 cm³/mol. The Morgan fingerprint density at radius 3 is 2.65 bits per heavy atom. The molecule has 0 aliphatic rings. The molecule has 3 heterocycles. The first kappa shape index (κ1) is 20.1. The molecule has 154 valence electrons. The van der Waals surface area contributed by atoms with Crippen LogP contribution in [0.2, 0.25) is 0 Å². The number of nitrogens with one attached hydrogen (secondary N) is 2. The second-order valence-electron chi connectivity index (χ2n) is 6.74. The van der Waals surface area contributed by atoms with E-state index in [4.69, 9.17) is 0 Å². The van der Waals surface area contributed by atoms with Gasteiger partial charge in [-0.15, -0.1) is 0 Å². The van der Waals surface area contributed by atoms with Gasteiger partial charge in [0.2, 0.25) is 0 Å². The molecule has 3 aromatic heterocycles. The van der Waals surface area contributed by atoms with Gasteiger partial charge >= 0.3 is 0 Å². The standard InChI is InChI=1S/C23H17F2N5O/c1-14-4-2-7-20(28-14)30-21-11-15(8-9-27-21)23(31)29-17-10-16(12-26-13-17)18-5-3-6-19(24)22(18)25/h2-13H,1H3,(H,29,31)(H,27,28,30). The van der Waals surface area contributed by atoms with Gasteiger partial charge in [0, 0.05) is 34.8 Å². The quantitative estimate of drug-likeness (QED) is 0.471. The van der Waals surface area contributed by atoms with Gasteiger partial charge in [0.1, 0.15) is 11.6 Å².